The molecular formula is C11H19Cl2N3O2. The van der Waals surface area contributed by atoms with Crippen molar-refractivity contribution in [1.82, 2.24) is 5.32 Å². The van der Waals surface area contributed by atoms with Gasteiger partial charge in [0.1, 0.15) is 0 Å². The minimum atomic E-state index is -0.382. The Kier molecular flexibility index (Phi) is 12.1. The molecule has 0 aromatic heterocycles. The lowest BCUT2D eigenvalue weighted by Gasteiger charge is -2.03. The third-order valence-electron chi connectivity index (χ3n) is 2.29. The molecule has 0 saturated carbocycles. The number of nitro benzene ring substituents is 1. The summed E-state index contributed by atoms with van der Waals surface area (Å²) in [7, 11) is 0. The molecule has 0 radical (unpaired) electrons. The van der Waals surface area contributed by atoms with E-state index in [1.54, 1.807) is 24.3 Å². The summed E-state index contributed by atoms with van der Waals surface area (Å²) >= 11 is 0. The van der Waals surface area contributed by atoms with Crippen molar-refractivity contribution in [3.8, 4) is 0 Å². The molecule has 0 aliphatic carbocycles. The number of hydrogen-bond donors (Lipinski definition) is 2. The molecule has 1 aromatic rings. The van der Waals surface area contributed by atoms with Crippen LogP contribution in [0.25, 0.3) is 0 Å². The van der Waals surface area contributed by atoms with E-state index in [1.807, 2.05) is 0 Å². The maximum absolute atomic E-state index is 10.4. The first-order chi connectivity index (χ1) is 7.74. The number of nitrogens with one attached hydrogen (secondary N) is 1. The standard InChI is InChI=1S/C11H17N3O2.2ClH/c12-7-9-13-8-1-2-10-3-5-11(6-4-10)14(15)16;;/h3-6,13H,1-2,7-9,12H2;2*1H. The van der Waals surface area contributed by atoms with Gasteiger partial charge in [-0.15, -0.1) is 24.8 Å². The molecule has 0 aliphatic rings. The average Bonchev–Trinajstić information content (AvgIpc) is 2.29. The summed E-state index contributed by atoms with van der Waals surface area (Å²) in [5, 5.41) is 13.6. The largest absolute Gasteiger partial charge is 0.329 e. The van der Waals surface area contributed by atoms with E-state index in [0.29, 0.717) is 6.54 Å². The topological polar surface area (TPSA) is 81.2 Å². The Hall–Kier alpha value is -0.880. The van der Waals surface area contributed by atoms with Crippen LogP contribution in [0.2, 0.25) is 0 Å². The molecule has 3 N–H and O–H groups in total. The summed E-state index contributed by atoms with van der Waals surface area (Å²) in [5.41, 5.74) is 6.61. The van der Waals surface area contributed by atoms with E-state index in [2.05, 4.69) is 5.32 Å². The Balaban J connectivity index is 0. The summed E-state index contributed by atoms with van der Waals surface area (Å²) in [6.45, 7) is 2.41. The van der Waals surface area contributed by atoms with E-state index >= 15 is 0 Å². The molecule has 5 nitrogen and oxygen atoms in total. The summed E-state index contributed by atoms with van der Waals surface area (Å²) < 4.78 is 0. The predicted octanol–water partition coefficient (Wildman–Crippen LogP) is 1.92. The third kappa shape index (κ3) is 7.45. The van der Waals surface area contributed by atoms with Crippen LogP contribution < -0.4 is 11.1 Å². The van der Waals surface area contributed by atoms with Gasteiger partial charge in [-0.1, -0.05) is 12.1 Å². The number of nitrogens with zero attached hydrogens (tertiary/aromatic N) is 1. The van der Waals surface area contributed by atoms with Gasteiger partial charge in [0.05, 0.1) is 4.92 Å². The van der Waals surface area contributed by atoms with E-state index in [0.717, 1.165) is 31.5 Å². The lowest BCUT2D eigenvalue weighted by molar-refractivity contribution is -0.384. The van der Waals surface area contributed by atoms with Crippen molar-refractivity contribution in [2.24, 2.45) is 5.73 Å². The molecule has 104 valence electrons. The number of rotatable bonds is 7. The summed E-state index contributed by atoms with van der Waals surface area (Å²) in [6.07, 6.45) is 1.94. The molecule has 0 saturated heterocycles. The first kappa shape index (κ1) is 19.5. The molecule has 0 amide bonds. The fourth-order valence-electron chi connectivity index (χ4n) is 1.43. The zero-order valence-corrected chi connectivity index (χ0v) is 11.6. The lowest BCUT2D eigenvalue weighted by Crippen LogP contribution is -2.23. The van der Waals surface area contributed by atoms with Crippen molar-refractivity contribution in [3.05, 3.63) is 39.9 Å². The second-order valence-electron chi connectivity index (χ2n) is 3.57. The minimum Gasteiger partial charge on any atom is -0.329 e. The van der Waals surface area contributed by atoms with E-state index < -0.39 is 0 Å². The minimum absolute atomic E-state index is 0. The molecule has 0 fully saturated rings. The van der Waals surface area contributed by atoms with Crippen molar-refractivity contribution in [1.29, 1.82) is 0 Å². The van der Waals surface area contributed by atoms with E-state index in [9.17, 15) is 10.1 Å². The molecule has 0 aliphatic heterocycles. The summed E-state index contributed by atoms with van der Waals surface area (Å²) in [4.78, 5) is 10.0. The monoisotopic (exact) mass is 295 g/mol. The Bertz CT molecular complexity index is 334. The third-order valence-corrected chi connectivity index (χ3v) is 2.29. The molecule has 0 heterocycles. The van der Waals surface area contributed by atoms with Crippen LogP contribution in [-0.4, -0.2) is 24.6 Å². The molecule has 0 unspecified atom stereocenters. The van der Waals surface area contributed by atoms with Gasteiger partial charge in [0, 0.05) is 25.2 Å². The van der Waals surface area contributed by atoms with Crippen molar-refractivity contribution in [2.75, 3.05) is 19.6 Å². The quantitative estimate of drug-likeness (QED) is 0.457. The number of nitrogens with two attached hydrogens (primary N) is 1. The van der Waals surface area contributed by atoms with Gasteiger partial charge >= 0.3 is 0 Å². The molecule has 0 spiro atoms. The fourth-order valence-corrected chi connectivity index (χ4v) is 1.43. The van der Waals surface area contributed by atoms with Gasteiger partial charge in [0.25, 0.3) is 5.69 Å². The van der Waals surface area contributed by atoms with Gasteiger partial charge < -0.3 is 11.1 Å². The van der Waals surface area contributed by atoms with Crippen LogP contribution in [-0.2, 0) is 6.42 Å². The smallest absolute Gasteiger partial charge is 0.269 e. The van der Waals surface area contributed by atoms with Gasteiger partial charge in [0.15, 0.2) is 0 Å². The van der Waals surface area contributed by atoms with Crippen LogP contribution in [0, 0.1) is 10.1 Å². The highest BCUT2D eigenvalue weighted by Gasteiger charge is 2.03. The van der Waals surface area contributed by atoms with Gasteiger partial charge in [-0.3, -0.25) is 10.1 Å². The number of hydrogen-bond acceptors (Lipinski definition) is 4. The first-order valence-corrected chi connectivity index (χ1v) is 5.38. The lowest BCUT2D eigenvalue weighted by atomic mass is 10.1. The second-order valence-corrected chi connectivity index (χ2v) is 3.57. The van der Waals surface area contributed by atoms with Crippen molar-refractivity contribution in [3.63, 3.8) is 0 Å². The van der Waals surface area contributed by atoms with E-state index in [1.165, 1.54) is 0 Å². The Labute approximate surface area is 119 Å². The van der Waals surface area contributed by atoms with Gasteiger partial charge in [0.2, 0.25) is 0 Å². The van der Waals surface area contributed by atoms with Crippen LogP contribution in [0.15, 0.2) is 24.3 Å². The van der Waals surface area contributed by atoms with E-state index in [-0.39, 0.29) is 35.4 Å². The van der Waals surface area contributed by atoms with Gasteiger partial charge in [-0.2, -0.15) is 0 Å². The first-order valence-electron chi connectivity index (χ1n) is 5.38. The van der Waals surface area contributed by atoms with E-state index in [4.69, 9.17) is 5.73 Å². The maximum atomic E-state index is 10.4. The molecule has 0 bridgehead atoms. The second kappa shape index (κ2) is 11.2. The van der Waals surface area contributed by atoms with Crippen LogP contribution in [0.4, 0.5) is 5.69 Å². The van der Waals surface area contributed by atoms with Crippen LogP contribution >= 0.6 is 24.8 Å². The normalized spacial score (nSPS) is 9.17. The Morgan fingerprint density at radius 2 is 1.78 bits per heavy atom. The zero-order chi connectivity index (χ0) is 11.8. The number of halogens is 2. The zero-order valence-electron chi connectivity index (χ0n) is 10.0. The predicted molar refractivity (Wildman–Crippen MR) is 77.8 cm³/mol. The summed E-state index contributed by atoms with van der Waals surface area (Å²) in [6, 6.07) is 6.70. The molecule has 1 rings (SSSR count). The van der Waals surface area contributed by atoms with Crippen molar-refractivity contribution < 1.29 is 4.92 Å². The van der Waals surface area contributed by atoms with Crippen LogP contribution in [0.3, 0.4) is 0 Å². The highest BCUT2D eigenvalue weighted by atomic mass is 35.5. The Morgan fingerprint density at radius 1 is 1.17 bits per heavy atom. The fraction of sp³-hybridized carbons (Fsp3) is 0.455. The number of benzene rings is 1. The maximum Gasteiger partial charge on any atom is 0.269 e. The van der Waals surface area contributed by atoms with Crippen LogP contribution in [0.1, 0.15) is 12.0 Å². The Morgan fingerprint density at radius 3 is 2.28 bits per heavy atom. The average molecular weight is 296 g/mol. The van der Waals surface area contributed by atoms with Gasteiger partial charge in [-0.25, -0.2) is 0 Å². The molecule has 0 atom stereocenters. The molecular weight excluding hydrogens is 277 g/mol. The molecule has 7 heteroatoms. The summed E-state index contributed by atoms with van der Waals surface area (Å²) in [5.74, 6) is 0. The van der Waals surface area contributed by atoms with Crippen molar-refractivity contribution in [2.45, 2.75) is 12.8 Å². The number of nitro groups is 1. The SMILES string of the molecule is Cl.Cl.NCCNCCCc1ccc([N+](=O)[O-])cc1. The highest BCUT2D eigenvalue weighted by Crippen LogP contribution is 2.12. The number of aryl methyl sites for hydroxylation is 1. The number of non-ortho nitro benzene ring substituents is 1. The highest BCUT2D eigenvalue weighted by molar-refractivity contribution is 5.85. The molecule has 1 aromatic carbocycles. The van der Waals surface area contributed by atoms with Crippen molar-refractivity contribution >= 4 is 30.5 Å². The van der Waals surface area contributed by atoms with Crippen LogP contribution in [0.5, 0.6) is 0 Å². The molecule has 18 heavy (non-hydrogen) atoms. The van der Waals surface area contributed by atoms with Gasteiger partial charge in [-0.05, 0) is 24.9 Å².